The summed E-state index contributed by atoms with van der Waals surface area (Å²) in [4.78, 5) is 4.00. The molecule has 0 aliphatic carbocycles. The molecule has 0 bridgehead atoms. The van der Waals surface area contributed by atoms with Crippen LogP contribution in [-0.4, -0.2) is 10.1 Å². The lowest BCUT2D eigenvalue weighted by Gasteiger charge is -2.10. The van der Waals surface area contributed by atoms with Crippen molar-refractivity contribution in [2.24, 2.45) is 0 Å². The monoisotopic (exact) mass is 213 g/mol. The zero-order chi connectivity index (χ0) is 11.4. The number of rotatable bonds is 3. The normalized spacial score (nSPS) is 12.4. The van der Waals surface area contributed by atoms with Gasteiger partial charge >= 0.3 is 0 Å². The molecule has 2 aromatic rings. The fourth-order valence-electron chi connectivity index (χ4n) is 1.64. The molecule has 1 aromatic carbocycles. The molecule has 2 heteroatoms. The minimum Gasteiger partial charge on any atom is -0.388 e. The lowest BCUT2D eigenvalue weighted by Crippen LogP contribution is -2.01. The highest BCUT2D eigenvalue weighted by Gasteiger charge is 2.07. The molecular formula is C14H15NO. The number of aliphatic hydroxyl groups excluding tert-OH is 1. The van der Waals surface area contributed by atoms with Gasteiger partial charge in [0.25, 0.3) is 0 Å². The maximum absolute atomic E-state index is 10.0. The van der Waals surface area contributed by atoms with Crippen molar-refractivity contribution in [1.82, 2.24) is 4.98 Å². The lowest BCUT2D eigenvalue weighted by molar-refractivity contribution is 0.178. The summed E-state index contributed by atoms with van der Waals surface area (Å²) in [6.07, 6.45) is 3.57. The summed E-state index contributed by atoms with van der Waals surface area (Å²) in [6, 6.07) is 12.0. The Kier molecular flexibility index (Phi) is 3.32. The molecule has 1 heterocycles. The molecule has 2 rings (SSSR count). The SMILES string of the molecule is Cc1ccc(CC(O)c2cccnc2)cc1. The zero-order valence-corrected chi connectivity index (χ0v) is 9.30. The average Bonchev–Trinajstić information content (AvgIpc) is 2.33. The second-order valence-corrected chi connectivity index (χ2v) is 3.99. The fourth-order valence-corrected chi connectivity index (χ4v) is 1.64. The second-order valence-electron chi connectivity index (χ2n) is 3.99. The molecule has 1 unspecified atom stereocenters. The number of hydrogen-bond acceptors (Lipinski definition) is 2. The van der Waals surface area contributed by atoms with Crippen molar-refractivity contribution in [3.8, 4) is 0 Å². The van der Waals surface area contributed by atoms with Crippen LogP contribution in [0.3, 0.4) is 0 Å². The first kappa shape index (κ1) is 10.8. The van der Waals surface area contributed by atoms with Crippen LogP contribution in [0.4, 0.5) is 0 Å². The van der Waals surface area contributed by atoms with E-state index in [9.17, 15) is 5.11 Å². The van der Waals surface area contributed by atoms with Crippen LogP contribution in [0.2, 0.25) is 0 Å². The first-order chi connectivity index (χ1) is 7.75. The van der Waals surface area contributed by atoms with Gasteiger partial charge < -0.3 is 5.11 Å². The largest absolute Gasteiger partial charge is 0.388 e. The smallest absolute Gasteiger partial charge is 0.0845 e. The molecule has 1 atom stereocenters. The maximum Gasteiger partial charge on any atom is 0.0845 e. The Morgan fingerprint density at radius 3 is 2.56 bits per heavy atom. The third-order valence-electron chi connectivity index (χ3n) is 2.62. The van der Waals surface area contributed by atoms with Crippen molar-refractivity contribution in [1.29, 1.82) is 0 Å². The zero-order valence-electron chi connectivity index (χ0n) is 9.30. The molecule has 0 amide bonds. The minimum atomic E-state index is -0.476. The molecule has 0 saturated heterocycles. The summed E-state index contributed by atoms with van der Waals surface area (Å²) in [5.41, 5.74) is 3.24. The van der Waals surface area contributed by atoms with Crippen LogP contribution in [-0.2, 0) is 6.42 Å². The minimum absolute atomic E-state index is 0.476. The highest BCUT2D eigenvalue weighted by Crippen LogP contribution is 2.17. The standard InChI is InChI=1S/C14H15NO/c1-11-4-6-12(7-5-11)9-14(16)13-3-2-8-15-10-13/h2-8,10,14,16H,9H2,1H3. The van der Waals surface area contributed by atoms with E-state index in [1.54, 1.807) is 12.4 Å². The Labute approximate surface area is 95.6 Å². The molecule has 0 fully saturated rings. The van der Waals surface area contributed by atoms with Gasteiger partial charge in [-0.3, -0.25) is 4.98 Å². The Hall–Kier alpha value is -1.67. The summed E-state index contributed by atoms with van der Waals surface area (Å²) in [7, 11) is 0. The van der Waals surface area contributed by atoms with Crippen molar-refractivity contribution < 1.29 is 5.11 Å². The van der Waals surface area contributed by atoms with Gasteiger partial charge in [0.05, 0.1) is 6.10 Å². The van der Waals surface area contributed by atoms with E-state index in [0.717, 1.165) is 11.1 Å². The van der Waals surface area contributed by atoms with Gasteiger partial charge in [-0.05, 0) is 24.1 Å². The number of benzene rings is 1. The van der Waals surface area contributed by atoms with E-state index in [1.165, 1.54) is 5.56 Å². The molecular weight excluding hydrogens is 198 g/mol. The Morgan fingerprint density at radius 2 is 1.94 bits per heavy atom. The van der Waals surface area contributed by atoms with Gasteiger partial charge in [0.15, 0.2) is 0 Å². The summed E-state index contributed by atoms with van der Waals surface area (Å²) < 4.78 is 0. The van der Waals surface area contributed by atoms with Crippen LogP contribution < -0.4 is 0 Å². The van der Waals surface area contributed by atoms with Crippen molar-refractivity contribution >= 4 is 0 Å². The van der Waals surface area contributed by atoms with Gasteiger partial charge in [-0.15, -0.1) is 0 Å². The van der Waals surface area contributed by atoms with Gasteiger partial charge in [-0.25, -0.2) is 0 Å². The third kappa shape index (κ3) is 2.67. The number of aryl methyl sites for hydroxylation is 1. The first-order valence-electron chi connectivity index (χ1n) is 5.39. The molecule has 0 radical (unpaired) electrons. The van der Waals surface area contributed by atoms with E-state index in [2.05, 4.69) is 36.2 Å². The van der Waals surface area contributed by atoms with E-state index >= 15 is 0 Å². The van der Waals surface area contributed by atoms with Crippen LogP contribution in [0.1, 0.15) is 22.8 Å². The highest BCUT2D eigenvalue weighted by molar-refractivity contribution is 5.23. The third-order valence-corrected chi connectivity index (χ3v) is 2.62. The van der Waals surface area contributed by atoms with Gasteiger partial charge in [-0.2, -0.15) is 0 Å². The van der Waals surface area contributed by atoms with Crippen LogP contribution in [0, 0.1) is 6.92 Å². The summed E-state index contributed by atoms with van der Waals surface area (Å²) in [6.45, 7) is 2.06. The lowest BCUT2D eigenvalue weighted by atomic mass is 10.0. The second kappa shape index (κ2) is 4.90. The highest BCUT2D eigenvalue weighted by atomic mass is 16.3. The van der Waals surface area contributed by atoms with E-state index in [1.807, 2.05) is 12.1 Å². The molecule has 0 spiro atoms. The van der Waals surface area contributed by atoms with E-state index in [0.29, 0.717) is 6.42 Å². The molecule has 16 heavy (non-hydrogen) atoms. The van der Waals surface area contributed by atoms with E-state index in [4.69, 9.17) is 0 Å². The Balaban J connectivity index is 2.08. The Morgan fingerprint density at radius 1 is 1.19 bits per heavy atom. The summed E-state index contributed by atoms with van der Waals surface area (Å²) in [5.74, 6) is 0. The average molecular weight is 213 g/mol. The number of pyridine rings is 1. The number of aromatic nitrogens is 1. The number of aliphatic hydroxyl groups is 1. The number of hydrogen-bond donors (Lipinski definition) is 1. The van der Waals surface area contributed by atoms with Crippen LogP contribution in [0.15, 0.2) is 48.8 Å². The van der Waals surface area contributed by atoms with Crippen LogP contribution >= 0.6 is 0 Å². The summed E-state index contributed by atoms with van der Waals surface area (Å²) >= 11 is 0. The maximum atomic E-state index is 10.0. The van der Waals surface area contributed by atoms with Crippen LogP contribution in [0.5, 0.6) is 0 Å². The van der Waals surface area contributed by atoms with Gasteiger partial charge in [-0.1, -0.05) is 35.9 Å². The molecule has 82 valence electrons. The van der Waals surface area contributed by atoms with E-state index in [-0.39, 0.29) is 0 Å². The van der Waals surface area contributed by atoms with E-state index < -0.39 is 6.10 Å². The molecule has 0 aliphatic rings. The molecule has 0 aliphatic heterocycles. The number of nitrogens with zero attached hydrogens (tertiary/aromatic N) is 1. The summed E-state index contributed by atoms with van der Waals surface area (Å²) in [5, 5.41) is 10.0. The van der Waals surface area contributed by atoms with Gasteiger partial charge in [0.1, 0.15) is 0 Å². The molecule has 2 nitrogen and oxygen atoms in total. The van der Waals surface area contributed by atoms with Crippen LogP contribution in [0.25, 0.3) is 0 Å². The predicted octanol–water partition coefficient (Wildman–Crippen LogP) is 2.67. The molecule has 1 N–H and O–H groups in total. The fraction of sp³-hybridized carbons (Fsp3) is 0.214. The first-order valence-corrected chi connectivity index (χ1v) is 5.39. The van der Waals surface area contributed by atoms with Crippen molar-refractivity contribution in [2.75, 3.05) is 0 Å². The molecule has 0 saturated carbocycles. The molecule has 1 aromatic heterocycles. The topological polar surface area (TPSA) is 33.1 Å². The van der Waals surface area contributed by atoms with Crippen molar-refractivity contribution in [2.45, 2.75) is 19.4 Å². The van der Waals surface area contributed by atoms with Gasteiger partial charge in [0, 0.05) is 18.8 Å². The van der Waals surface area contributed by atoms with Crippen molar-refractivity contribution in [3.05, 3.63) is 65.5 Å². The quantitative estimate of drug-likeness (QED) is 0.850. The van der Waals surface area contributed by atoms with Crippen molar-refractivity contribution in [3.63, 3.8) is 0 Å². The predicted molar refractivity (Wildman–Crippen MR) is 64.1 cm³/mol. The van der Waals surface area contributed by atoms with Gasteiger partial charge in [0.2, 0.25) is 0 Å². The Bertz CT molecular complexity index is 436.